The number of rotatable bonds is 16. The van der Waals surface area contributed by atoms with Crippen LogP contribution in [0.25, 0.3) is 11.2 Å². The zero-order valence-electron chi connectivity index (χ0n) is 27.0. The molecule has 278 valence electrons. The molecule has 1 aliphatic carbocycles. The van der Waals surface area contributed by atoms with Gasteiger partial charge in [0.1, 0.15) is 36.6 Å². The molecule has 10 atom stereocenters. The summed E-state index contributed by atoms with van der Waals surface area (Å²) in [5.41, 5.74) is -1.05. The van der Waals surface area contributed by atoms with Gasteiger partial charge >= 0.3 is 15.0 Å². The molecule has 24 heteroatoms. The molecular formula is C27H35F2N9O10P2S. The first-order chi connectivity index (χ1) is 24.3. The lowest BCUT2D eigenvalue weighted by Crippen LogP contribution is -2.33. The third-order valence-electron chi connectivity index (χ3n) is 7.95. The van der Waals surface area contributed by atoms with E-state index in [1.165, 1.54) is 18.6 Å². The molecule has 3 aromatic heterocycles. The Hall–Kier alpha value is -3.35. The Labute approximate surface area is 294 Å². The zero-order chi connectivity index (χ0) is 36.9. The molecule has 3 aromatic rings. The van der Waals surface area contributed by atoms with Gasteiger partial charge in [-0.3, -0.25) is 33.5 Å². The summed E-state index contributed by atoms with van der Waals surface area (Å²) in [7, 11) is -3.62. The number of carbonyl (C=O) groups is 1. The molecule has 5 rings (SSSR count). The highest BCUT2D eigenvalue weighted by Gasteiger charge is 2.51. The molecule has 0 aromatic carbocycles. The van der Waals surface area contributed by atoms with Gasteiger partial charge in [0, 0.05) is 18.0 Å². The number of hydrogen-bond acceptors (Lipinski definition) is 16. The van der Waals surface area contributed by atoms with E-state index >= 15 is 8.78 Å². The lowest BCUT2D eigenvalue weighted by molar-refractivity contribution is -0.118. The van der Waals surface area contributed by atoms with Crippen molar-refractivity contribution < 1.29 is 51.0 Å². The molecule has 4 heterocycles. The number of imidazole rings is 1. The normalized spacial score (nSPS) is 28.0. The van der Waals surface area contributed by atoms with E-state index in [4.69, 9.17) is 39.9 Å². The Morgan fingerprint density at radius 3 is 2.76 bits per heavy atom. The van der Waals surface area contributed by atoms with E-state index in [0.717, 1.165) is 10.9 Å². The average Bonchev–Trinajstić information content (AvgIpc) is 3.74. The topological polar surface area (TPSA) is 258 Å². The van der Waals surface area contributed by atoms with Crippen LogP contribution in [0.4, 0.5) is 20.5 Å². The number of H-pyrrole nitrogens is 1. The summed E-state index contributed by atoms with van der Waals surface area (Å²) in [6.45, 7) is -2.39. The van der Waals surface area contributed by atoms with E-state index in [9.17, 15) is 24.2 Å². The SMILES string of the molecule is CC(C)C(=O)Nc1nc2c(ncn2[C@@H]2O[C@H](CO)[C@@H](F)[C@H]2O[P@@](=S)(OCCC#N)OC[C@H]2C[C@@H](Nc3ccncn3)[C@H](F)[C@@H]2O[PH](=O)O)c(=O)[nH]1. The number of anilines is 2. The van der Waals surface area contributed by atoms with Gasteiger partial charge < -0.3 is 33.6 Å². The third kappa shape index (κ3) is 9.18. The minimum absolute atomic E-state index is 0.00290. The Bertz CT molecular complexity index is 1850. The molecule has 0 spiro atoms. The van der Waals surface area contributed by atoms with Gasteiger partial charge in [-0.15, -0.1) is 0 Å². The van der Waals surface area contributed by atoms with Gasteiger partial charge in [-0.25, -0.2) is 23.7 Å². The standard InChI is InChI=1S/C27H35F2N9O10P2S/c1-13(2)24(40)36-27-35-23-20(25(41)37-27)33-12-38(23)26-22(19(29)16(9-39)46-26)48-50(51,44-7-3-5-30)45-10-14-8-15(18(28)21(14)47-49(42)43)34-17-4-6-31-11-32-17/h4,6,11-16,18-19,21-22,26,39,49H,3,7-10H2,1-2H3,(H,42,43)(H,31,32,34)(H2,35,36,37,40,41)/t14-,15-,16-,18+,19-,21-,22-,26-,50-/m1/s1. The second-order valence-corrected chi connectivity index (χ2v) is 15.5. The number of ether oxygens (including phenoxy) is 1. The fraction of sp³-hybridized carbons (Fsp3) is 0.593. The molecule has 1 unspecified atom stereocenters. The van der Waals surface area contributed by atoms with Crippen molar-refractivity contribution in [2.45, 2.75) is 69.6 Å². The van der Waals surface area contributed by atoms with Gasteiger partial charge in [0.15, 0.2) is 23.6 Å². The summed E-state index contributed by atoms with van der Waals surface area (Å²) < 4.78 is 72.9. The first-order valence-electron chi connectivity index (χ1n) is 15.5. The summed E-state index contributed by atoms with van der Waals surface area (Å²) in [6.07, 6.45) is -6.29. The van der Waals surface area contributed by atoms with Crippen molar-refractivity contribution >= 4 is 55.6 Å². The van der Waals surface area contributed by atoms with Crippen LogP contribution in [0.15, 0.2) is 29.7 Å². The van der Waals surface area contributed by atoms with Crippen LogP contribution in [0.5, 0.6) is 0 Å². The predicted octanol–water partition coefficient (Wildman–Crippen LogP) is 1.89. The van der Waals surface area contributed by atoms with Crippen LogP contribution in [0.2, 0.25) is 0 Å². The van der Waals surface area contributed by atoms with Crippen molar-refractivity contribution in [3.05, 3.63) is 35.3 Å². The molecule has 1 aliphatic heterocycles. The highest BCUT2D eigenvalue weighted by atomic mass is 32.5. The maximum Gasteiger partial charge on any atom is 0.327 e. The monoisotopic (exact) mass is 777 g/mol. The number of aliphatic hydroxyl groups is 1. The maximum absolute atomic E-state index is 16.0. The molecule has 1 saturated carbocycles. The number of alkyl halides is 2. The lowest BCUT2D eigenvalue weighted by atomic mass is 10.1. The summed E-state index contributed by atoms with van der Waals surface area (Å²) in [4.78, 5) is 53.2. The molecule has 19 nitrogen and oxygen atoms in total. The number of nitrogens with zero attached hydrogens (tertiary/aromatic N) is 6. The van der Waals surface area contributed by atoms with Gasteiger partial charge in [-0.1, -0.05) is 13.8 Å². The molecule has 51 heavy (non-hydrogen) atoms. The summed E-state index contributed by atoms with van der Waals surface area (Å²) >= 11 is 5.63. The minimum Gasteiger partial charge on any atom is -0.394 e. The molecule has 2 fully saturated rings. The molecule has 2 aliphatic rings. The first kappa shape index (κ1) is 38.9. The van der Waals surface area contributed by atoms with Crippen molar-refractivity contribution in [1.29, 1.82) is 5.26 Å². The molecule has 0 radical (unpaired) electrons. The lowest BCUT2D eigenvalue weighted by Gasteiger charge is -2.29. The van der Waals surface area contributed by atoms with Crippen LogP contribution in [-0.2, 0) is 44.0 Å². The number of carbonyl (C=O) groups excluding carboxylic acids is 1. The van der Waals surface area contributed by atoms with Crippen molar-refractivity contribution in [1.82, 2.24) is 29.5 Å². The quantitative estimate of drug-likeness (QED) is 0.103. The van der Waals surface area contributed by atoms with E-state index in [1.54, 1.807) is 13.8 Å². The summed E-state index contributed by atoms with van der Waals surface area (Å²) in [6, 6.07) is 2.44. The number of fused-ring (bicyclic) bond motifs is 1. The number of aromatic nitrogens is 6. The second kappa shape index (κ2) is 17.0. The number of nitrogens with one attached hydrogen (secondary N) is 3. The number of nitriles is 1. The van der Waals surface area contributed by atoms with E-state index in [-0.39, 0.29) is 36.6 Å². The average molecular weight is 778 g/mol. The van der Waals surface area contributed by atoms with Crippen molar-refractivity contribution in [3.63, 3.8) is 0 Å². The Morgan fingerprint density at radius 1 is 1.31 bits per heavy atom. The summed E-state index contributed by atoms with van der Waals surface area (Å²) in [5.74, 6) is -1.73. The van der Waals surface area contributed by atoms with Gasteiger partial charge in [-0.05, 0) is 24.3 Å². The minimum atomic E-state index is -4.09. The second-order valence-electron chi connectivity index (χ2n) is 11.8. The number of aliphatic hydroxyl groups excluding tert-OH is 1. The van der Waals surface area contributed by atoms with E-state index in [1.807, 2.05) is 6.07 Å². The molecule has 1 amide bonds. The highest BCUT2D eigenvalue weighted by Crippen LogP contribution is 2.55. The number of aromatic amines is 1. The maximum atomic E-state index is 16.0. The highest BCUT2D eigenvalue weighted by molar-refractivity contribution is 8.07. The van der Waals surface area contributed by atoms with Gasteiger partial charge in [0.2, 0.25) is 11.9 Å². The van der Waals surface area contributed by atoms with Gasteiger partial charge in [0.05, 0.1) is 44.7 Å². The smallest absolute Gasteiger partial charge is 0.327 e. The van der Waals surface area contributed by atoms with E-state index in [0.29, 0.717) is 5.82 Å². The van der Waals surface area contributed by atoms with E-state index < -0.39 is 94.4 Å². The molecule has 0 bridgehead atoms. The van der Waals surface area contributed by atoms with Crippen molar-refractivity contribution in [2.24, 2.45) is 11.8 Å². The van der Waals surface area contributed by atoms with Crippen LogP contribution >= 0.6 is 15.0 Å². The fourth-order valence-electron chi connectivity index (χ4n) is 5.47. The van der Waals surface area contributed by atoms with Crippen LogP contribution in [0.3, 0.4) is 0 Å². The first-order valence-corrected chi connectivity index (χ1v) is 19.3. The molecule has 5 N–H and O–H groups in total. The van der Waals surface area contributed by atoms with Crippen molar-refractivity contribution in [2.75, 3.05) is 30.5 Å². The fourth-order valence-corrected chi connectivity index (χ4v) is 8.14. The van der Waals surface area contributed by atoms with Crippen LogP contribution in [0, 0.1) is 23.2 Å². The Balaban J connectivity index is 1.42. The predicted molar refractivity (Wildman–Crippen MR) is 177 cm³/mol. The van der Waals surface area contributed by atoms with Gasteiger partial charge in [0.25, 0.3) is 5.56 Å². The molecular weight excluding hydrogens is 742 g/mol. The van der Waals surface area contributed by atoms with Crippen LogP contribution in [0.1, 0.15) is 32.9 Å². The third-order valence-corrected chi connectivity index (χ3v) is 10.8. The van der Waals surface area contributed by atoms with Crippen LogP contribution < -0.4 is 16.2 Å². The van der Waals surface area contributed by atoms with Crippen molar-refractivity contribution in [3.8, 4) is 6.07 Å². The Morgan fingerprint density at radius 2 is 2.10 bits per heavy atom. The zero-order valence-corrected chi connectivity index (χ0v) is 29.7. The number of hydrogen-bond donors (Lipinski definition) is 5. The Kier molecular flexibility index (Phi) is 12.9. The number of halogens is 2. The molecule has 1 saturated heterocycles. The largest absolute Gasteiger partial charge is 0.394 e. The van der Waals surface area contributed by atoms with E-state index in [2.05, 4.69) is 35.6 Å². The van der Waals surface area contributed by atoms with Gasteiger partial charge in [-0.2, -0.15) is 10.2 Å². The number of amides is 1. The van der Waals surface area contributed by atoms with Crippen LogP contribution in [-0.4, -0.2) is 102 Å². The summed E-state index contributed by atoms with van der Waals surface area (Å²) in [5, 5.41) is 24.4.